The van der Waals surface area contributed by atoms with E-state index in [1.165, 1.54) is 11.0 Å². The monoisotopic (exact) mass is 547 g/mol. The van der Waals surface area contributed by atoms with E-state index in [-0.39, 0.29) is 48.8 Å². The van der Waals surface area contributed by atoms with E-state index < -0.39 is 5.97 Å². The molecule has 1 saturated heterocycles. The number of aromatic hydroxyl groups is 1. The highest BCUT2D eigenvalue weighted by molar-refractivity contribution is 5.96. The Kier molecular flexibility index (Phi) is 9.55. The molecule has 0 bridgehead atoms. The number of nitrogens with zero attached hydrogens (tertiary/aromatic N) is 3. The van der Waals surface area contributed by atoms with Crippen molar-refractivity contribution in [3.05, 3.63) is 101 Å². The summed E-state index contributed by atoms with van der Waals surface area (Å²) in [6, 6.07) is 21.5. The lowest BCUT2D eigenvalue weighted by molar-refractivity contribution is -0.143. The van der Waals surface area contributed by atoms with Gasteiger partial charge in [0.05, 0.1) is 12.6 Å². The molecule has 40 heavy (non-hydrogen) atoms. The number of ether oxygens (including phenoxy) is 1. The fraction of sp³-hybridized carbons (Fsp3) is 0.375. The maximum atomic E-state index is 13.8. The predicted octanol–water partition coefficient (Wildman–Crippen LogP) is 4.85. The molecule has 7 nitrogen and oxygen atoms in total. The molecule has 0 spiro atoms. The molecule has 8 heteroatoms. The van der Waals surface area contributed by atoms with Crippen LogP contribution in [0.1, 0.15) is 53.9 Å². The minimum atomic E-state index is -0.453. The van der Waals surface area contributed by atoms with E-state index in [1.807, 2.05) is 36.4 Å². The summed E-state index contributed by atoms with van der Waals surface area (Å²) in [4.78, 5) is 31.3. The van der Waals surface area contributed by atoms with Gasteiger partial charge in [-0.1, -0.05) is 36.4 Å². The zero-order valence-electron chi connectivity index (χ0n) is 23.6. The van der Waals surface area contributed by atoms with Gasteiger partial charge in [0.1, 0.15) is 18.1 Å². The van der Waals surface area contributed by atoms with Gasteiger partial charge in [-0.25, -0.2) is 4.39 Å². The molecule has 1 aliphatic rings. The van der Waals surface area contributed by atoms with E-state index in [0.29, 0.717) is 12.1 Å². The van der Waals surface area contributed by atoms with Crippen molar-refractivity contribution >= 4 is 11.9 Å². The van der Waals surface area contributed by atoms with Gasteiger partial charge in [0, 0.05) is 44.3 Å². The molecule has 0 unspecified atom stereocenters. The van der Waals surface area contributed by atoms with Crippen molar-refractivity contribution in [1.29, 1.82) is 0 Å². The van der Waals surface area contributed by atoms with Gasteiger partial charge in [0.2, 0.25) is 0 Å². The van der Waals surface area contributed by atoms with Crippen LogP contribution in [0, 0.1) is 5.82 Å². The standard InChI is InChI=1S/C32H38FN3O4/c1-5-40-30(38)21-34(4)32(39)27-12-7-10-25(16-27)31(26-11-8-14-29(37)17-26)36-19-22(2)35(18-23(36)3)20-24-9-6-13-28(33)15-24/h6-17,22-23,31,37H,5,18-21H2,1-4H3/t22-,23+,31-/m1/s1. The molecule has 0 aromatic heterocycles. The second-order valence-corrected chi connectivity index (χ2v) is 10.5. The van der Waals surface area contributed by atoms with E-state index in [4.69, 9.17) is 4.74 Å². The average molecular weight is 548 g/mol. The van der Waals surface area contributed by atoms with Gasteiger partial charge in [-0.15, -0.1) is 0 Å². The normalized spacial score (nSPS) is 18.7. The topological polar surface area (TPSA) is 73.3 Å². The minimum absolute atomic E-state index is 0.128. The first-order valence-corrected chi connectivity index (χ1v) is 13.7. The first-order valence-electron chi connectivity index (χ1n) is 13.7. The van der Waals surface area contributed by atoms with Gasteiger partial charge in [0.25, 0.3) is 5.91 Å². The second-order valence-electron chi connectivity index (χ2n) is 10.5. The van der Waals surface area contributed by atoms with Crippen molar-refractivity contribution in [1.82, 2.24) is 14.7 Å². The van der Waals surface area contributed by atoms with Crippen molar-refractivity contribution < 1.29 is 23.8 Å². The maximum Gasteiger partial charge on any atom is 0.325 e. The largest absolute Gasteiger partial charge is 0.508 e. The Hall–Kier alpha value is -3.75. The van der Waals surface area contributed by atoms with Gasteiger partial charge >= 0.3 is 5.97 Å². The molecule has 3 atom stereocenters. The Bertz CT molecular complexity index is 1330. The first-order chi connectivity index (χ1) is 19.2. The molecule has 3 aromatic rings. The highest BCUT2D eigenvalue weighted by atomic mass is 19.1. The predicted molar refractivity (Wildman–Crippen MR) is 152 cm³/mol. The van der Waals surface area contributed by atoms with Gasteiger partial charge < -0.3 is 14.7 Å². The zero-order chi connectivity index (χ0) is 28.8. The highest BCUT2D eigenvalue weighted by Gasteiger charge is 2.35. The smallest absolute Gasteiger partial charge is 0.325 e. The summed E-state index contributed by atoms with van der Waals surface area (Å²) in [6.45, 7) is 8.36. The van der Waals surface area contributed by atoms with Crippen molar-refractivity contribution in [2.45, 2.75) is 45.4 Å². The van der Waals surface area contributed by atoms with Crippen LogP contribution in [0.2, 0.25) is 0 Å². The number of phenolic OH excluding ortho intramolecular Hbond substituents is 1. The van der Waals surface area contributed by atoms with Crippen LogP contribution in [0.15, 0.2) is 72.8 Å². The lowest BCUT2D eigenvalue weighted by atomic mass is 9.92. The van der Waals surface area contributed by atoms with Gasteiger partial charge in [-0.3, -0.25) is 19.4 Å². The summed E-state index contributed by atoms with van der Waals surface area (Å²) >= 11 is 0. The molecule has 3 aromatic carbocycles. The van der Waals surface area contributed by atoms with E-state index in [9.17, 15) is 19.1 Å². The van der Waals surface area contributed by atoms with Crippen molar-refractivity contribution in [2.75, 3.05) is 33.3 Å². The minimum Gasteiger partial charge on any atom is -0.508 e. The van der Waals surface area contributed by atoms with Crippen molar-refractivity contribution in [3.8, 4) is 5.75 Å². The number of likely N-dealkylation sites (N-methyl/N-ethyl adjacent to an activating group) is 1. The molecule has 0 radical (unpaired) electrons. The maximum absolute atomic E-state index is 13.8. The molecular formula is C32H38FN3O4. The SMILES string of the molecule is CCOC(=O)CN(C)C(=O)c1cccc([C@H](c2cccc(O)c2)N2C[C@@H](C)N(Cc3cccc(F)c3)C[C@@H]2C)c1. The van der Waals surface area contributed by atoms with Crippen molar-refractivity contribution in [3.63, 3.8) is 0 Å². The third kappa shape index (κ3) is 7.06. The van der Waals surface area contributed by atoms with Crippen LogP contribution in [0.25, 0.3) is 0 Å². The van der Waals surface area contributed by atoms with Crippen LogP contribution >= 0.6 is 0 Å². The number of hydrogen-bond donors (Lipinski definition) is 1. The van der Waals surface area contributed by atoms with Crippen LogP contribution < -0.4 is 0 Å². The number of hydrogen-bond acceptors (Lipinski definition) is 6. The molecule has 4 rings (SSSR count). The van der Waals surface area contributed by atoms with Gasteiger partial charge in [-0.05, 0) is 73.9 Å². The van der Waals surface area contributed by atoms with E-state index in [1.54, 1.807) is 44.3 Å². The third-order valence-electron chi connectivity index (χ3n) is 7.42. The van der Waals surface area contributed by atoms with E-state index >= 15 is 0 Å². The van der Waals surface area contributed by atoms with E-state index in [0.717, 1.165) is 29.8 Å². The number of benzene rings is 3. The zero-order valence-corrected chi connectivity index (χ0v) is 23.6. The first kappa shape index (κ1) is 29.2. The second kappa shape index (κ2) is 13.1. The molecule has 0 aliphatic carbocycles. The number of phenols is 1. The third-order valence-corrected chi connectivity index (χ3v) is 7.42. The Morgan fingerprint density at radius 2 is 1.70 bits per heavy atom. The molecular weight excluding hydrogens is 509 g/mol. The molecule has 1 aliphatic heterocycles. The van der Waals surface area contributed by atoms with E-state index in [2.05, 4.69) is 23.6 Å². The summed E-state index contributed by atoms with van der Waals surface area (Å²) in [5.41, 5.74) is 3.25. The highest BCUT2D eigenvalue weighted by Crippen LogP contribution is 2.35. The van der Waals surface area contributed by atoms with Crippen LogP contribution in [0.4, 0.5) is 4.39 Å². The van der Waals surface area contributed by atoms with Crippen LogP contribution in [0.3, 0.4) is 0 Å². The molecule has 0 saturated carbocycles. The molecule has 1 fully saturated rings. The number of piperazine rings is 1. The summed E-state index contributed by atoms with van der Waals surface area (Å²) in [6.07, 6.45) is 0. The Morgan fingerprint density at radius 1 is 1.00 bits per heavy atom. The summed E-state index contributed by atoms with van der Waals surface area (Å²) in [5.74, 6) is -0.783. The number of carbonyl (C=O) groups is 2. The molecule has 1 heterocycles. The Morgan fingerprint density at radius 3 is 2.40 bits per heavy atom. The van der Waals surface area contributed by atoms with Crippen LogP contribution in [-0.4, -0.2) is 77.1 Å². The lowest BCUT2D eigenvalue weighted by Crippen LogP contribution is -2.56. The molecule has 1 amide bonds. The quantitative estimate of drug-likeness (QED) is 0.386. The fourth-order valence-electron chi connectivity index (χ4n) is 5.48. The Labute approximate surface area is 235 Å². The average Bonchev–Trinajstić information content (AvgIpc) is 2.91. The number of rotatable bonds is 9. The summed E-state index contributed by atoms with van der Waals surface area (Å²) in [7, 11) is 1.58. The van der Waals surface area contributed by atoms with Crippen molar-refractivity contribution in [2.24, 2.45) is 0 Å². The van der Waals surface area contributed by atoms with Crippen LogP contribution in [-0.2, 0) is 16.1 Å². The Balaban J connectivity index is 1.62. The van der Waals surface area contributed by atoms with Gasteiger partial charge in [-0.2, -0.15) is 0 Å². The number of amides is 1. The summed E-state index contributed by atoms with van der Waals surface area (Å²) < 4.78 is 18.8. The molecule has 1 N–H and O–H groups in total. The lowest BCUT2D eigenvalue weighted by Gasteiger charge is -2.47. The number of esters is 1. The summed E-state index contributed by atoms with van der Waals surface area (Å²) in [5, 5.41) is 10.3. The number of carbonyl (C=O) groups excluding carboxylic acids is 2. The molecule has 212 valence electrons. The number of halogens is 1. The van der Waals surface area contributed by atoms with Gasteiger partial charge in [0.15, 0.2) is 0 Å². The van der Waals surface area contributed by atoms with Crippen LogP contribution in [0.5, 0.6) is 5.75 Å². The fourth-order valence-corrected chi connectivity index (χ4v) is 5.48.